The lowest BCUT2D eigenvalue weighted by Gasteiger charge is -2.21. The van der Waals surface area contributed by atoms with Crippen LogP contribution in [0.3, 0.4) is 0 Å². The van der Waals surface area contributed by atoms with Crippen LogP contribution in [0, 0.1) is 0 Å². The molecule has 0 N–H and O–H groups in total. The zero-order chi connectivity index (χ0) is 39.0. The van der Waals surface area contributed by atoms with Crippen LogP contribution in [-0.4, -0.2) is 18.3 Å². The largest absolute Gasteiger partial charge is 0.317 e. The molecule has 4 heterocycles. The number of fused-ring (bicyclic) bond motifs is 12. The van der Waals surface area contributed by atoms with Crippen LogP contribution in [0.4, 0.5) is 0 Å². The predicted octanol–water partition coefficient (Wildman–Crippen LogP) is 14.1. The summed E-state index contributed by atoms with van der Waals surface area (Å²) in [7, 11) is 0. The van der Waals surface area contributed by atoms with Gasteiger partial charge < -0.3 is 18.3 Å². The van der Waals surface area contributed by atoms with Gasteiger partial charge in [0.2, 0.25) is 0 Å². The van der Waals surface area contributed by atoms with Gasteiger partial charge in [0, 0.05) is 78.4 Å². The molecule has 0 radical (unpaired) electrons. The van der Waals surface area contributed by atoms with Crippen LogP contribution >= 0.6 is 0 Å². The fraction of sp³-hybridized carbons (Fsp3) is 0.0545. The van der Waals surface area contributed by atoms with Gasteiger partial charge in [0.05, 0.1) is 33.1 Å². The topological polar surface area (TPSA) is 19.7 Å². The minimum Gasteiger partial charge on any atom is -0.317 e. The molecule has 278 valence electrons. The molecule has 4 aromatic heterocycles. The molecular weight excluding hydrogens is 717 g/mol. The van der Waals surface area contributed by atoms with E-state index in [2.05, 4.69) is 227 Å². The lowest BCUT2D eigenvalue weighted by Crippen LogP contribution is -2.14. The van der Waals surface area contributed by atoms with E-state index in [0.29, 0.717) is 0 Å². The molecule has 0 fully saturated rings. The number of para-hydroxylation sites is 3. The quantitative estimate of drug-likeness (QED) is 0.170. The third-order valence-corrected chi connectivity index (χ3v) is 13.2. The van der Waals surface area contributed by atoms with Gasteiger partial charge in [-0.1, -0.05) is 105 Å². The van der Waals surface area contributed by atoms with E-state index in [1.807, 2.05) is 0 Å². The van der Waals surface area contributed by atoms with Gasteiger partial charge in [0.1, 0.15) is 0 Å². The maximum atomic E-state index is 2.49. The van der Waals surface area contributed by atoms with E-state index in [9.17, 15) is 0 Å². The SMILES string of the molecule is CC1(C)c2ccccc2-c2c1ccc1c3ccccc3n(-c3ccc(-n4ccc5cc6c(ccn6-c6ccc(-n7c8ccccc8c8ccccc87)cc6)cc54)cc3)c21. The Balaban J connectivity index is 0.882. The third-order valence-electron chi connectivity index (χ3n) is 13.2. The second-order valence-corrected chi connectivity index (χ2v) is 16.7. The first-order chi connectivity index (χ1) is 29.0. The molecule has 1 aliphatic carbocycles. The fourth-order valence-electron chi connectivity index (χ4n) is 10.4. The summed E-state index contributed by atoms with van der Waals surface area (Å²) in [6, 6.07) is 67.1. The second-order valence-electron chi connectivity index (χ2n) is 16.7. The van der Waals surface area contributed by atoms with E-state index < -0.39 is 0 Å². The summed E-state index contributed by atoms with van der Waals surface area (Å²) in [5, 5.41) is 7.55. The van der Waals surface area contributed by atoms with Gasteiger partial charge in [-0.25, -0.2) is 0 Å². The maximum absolute atomic E-state index is 2.49. The average molecular weight is 755 g/mol. The van der Waals surface area contributed by atoms with Crippen LogP contribution in [0.5, 0.6) is 0 Å². The number of aromatic nitrogens is 4. The zero-order valence-electron chi connectivity index (χ0n) is 32.8. The van der Waals surface area contributed by atoms with E-state index in [1.54, 1.807) is 0 Å². The van der Waals surface area contributed by atoms with Gasteiger partial charge in [0.25, 0.3) is 0 Å². The van der Waals surface area contributed by atoms with Crippen LogP contribution in [0.25, 0.3) is 99.3 Å². The standard InChI is InChI=1S/C55H38N4/c1-55(2)46-15-7-3-14-45(46)53-47(55)28-27-44-43-13-6-10-18-50(43)59(54(44)53)40-25-21-38(22-26-40)57-32-30-36-33-51-35(34-52(36)57)29-31-56(51)37-19-23-39(24-20-37)58-48-16-8-4-11-41(48)42-12-5-9-17-49(42)58/h3-34H,1-2H3. The molecule has 59 heavy (non-hydrogen) atoms. The summed E-state index contributed by atoms with van der Waals surface area (Å²) in [5.74, 6) is 0. The van der Waals surface area contributed by atoms with E-state index in [4.69, 9.17) is 0 Å². The lowest BCUT2D eigenvalue weighted by atomic mass is 9.82. The number of benzene rings is 8. The molecular formula is C55H38N4. The Bertz CT molecular complexity index is 3620. The lowest BCUT2D eigenvalue weighted by molar-refractivity contribution is 0.661. The second kappa shape index (κ2) is 11.7. The molecule has 1 aliphatic rings. The van der Waals surface area contributed by atoms with E-state index in [0.717, 1.165) is 22.7 Å². The molecule has 4 nitrogen and oxygen atoms in total. The minimum absolute atomic E-state index is 0.0633. The van der Waals surface area contributed by atoms with Crippen LogP contribution < -0.4 is 0 Å². The van der Waals surface area contributed by atoms with Gasteiger partial charge in [-0.2, -0.15) is 0 Å². The molecule has 8 aromatic carbocycles. The minimum atomic E-state index is -0.0633. The first-order valence-electron chi connectivity index (χ1n) is 20.5. The summed E-state index contributed by atoms with van der Waals surface area (Å²) < 4.78 is 9.48. The van der Waals surface area contributed by atoms with Crippen LogP contribution in [0.15, 0.2) is 194 Å². The van der Waals surface area contributed by atoms with Crippen molar-refractivity contribution < 1.29 is 0 Å². The zero-order valence-corrected chi connectivity index (χ0v) is 32.8. The molecule has 0 saturated carbocycles. The number of rotatable bonds is 4. The number of hydrogen-bond acceptors (Lipinski definition) is 0. The Morgan fingerprint density at radius 1 is 0.356 bits per heavy atom. The smallest absolute Gasteiger partial charge is 0.0622 e. The molecule has 0 atom stereocenters. The highest BCUT2D eigenvalue weighted by Crippen LogP contribution is 2.53. The van der Waals surface area contributed by atoms with Gasteiger partial charge in [-0.3, -0.25) is 0 Å². The van der Waals surface area contributed by atoms with E-state index in [1.165, 1.54) is 87.7 Å². The van der Waals surface area contributed by atoms with Crippen molar-refractivity contribution in [3.05, 3.63) is 206 Å². The van der Waals surface area contributed by atoms with Crippen molar-refractivity contribution in [2.45, 2.75) is 19.3 Å². The van der Waals surface area contributed by atoms with Crippen molar-refractivity contribution in [1.82, 2.24) is 18.3 Å². The Kier molecular flexibility index (Phi) is 6.48. The first-order valence-corrected chi connectivity index (χ1v) is 20.5. The number of hydrogen-bond donors (Lipinski definition) is 0. The van der Waals surface area contributed by atoms with Crippen LogP contribution in [0.1, 0.15) is 25.0 Å². The van der Waals surface area contributed by atoms with E-state index in [-0.39, 0.29) is 5.41 Å². The molecule has 0 bridgehead atoms. The number of nitrogens with zero attached hydrogens (tertiary/aromatic N) is 4. The molecule has 12 aromatic rings. The molecule has 0 aliphatic heterocycles. The summed E-state index contributed by atoms with van der Waals surface area (Å²) in [6.45, 7) is 4.72. The highest BCUT2D eigenvalue weighted by Gasteiger charge is 2.37. The summed E-state index contributed by atoms with van der Waals surface area (Å²) >= 11 is 0. The Morgan fingerprint density at radius 2 is 0.814 bits per heavy atom. The van der Waals surface area contributed by atoms with Gasteiger partial charge in [-0.15, -0.1) is 0 Å². The van der Waals surface area contributed by atoms with Gasteiger partial charge in [-0.05, 0) is 108 Å². The third kappa shape index (κ3) is 4.43. The van der Waals surface area contributed by atoms with E-state index >= 15 is 0 Å². The molecule has 0 unspecified atom stereocenters. The van der Waals surface area contributed by atoms with Crippen molar-refractivity contribution in [2.75, 3.05) is 0 Å². The highest BCUT2D eigenvalue weighted by molar-refractivity contribution is 6.16. The highest BCUT2D eigenvalue weighted by atomic mass is 15.0. The summed E-state index contributed by atoms with van der Waals surface area (Å²) in [5.41, 5.74) is 17.4. The summed E-state index contributed by atoms with van der Waals surface area (Å²) in [6.07, 6.45) is 4.40. The fourth-order valence-corrected chi connectivity index (χ4v) is 10.4. The van der Waals surface area contributed by atoms with Crippen molar-refractivity contribution in [3.8, 4) is 33.9 Å². The average Bonchev–Trinajstić information content (AvgIpc) is 4.09. The van der Waals surface area contributed by atoms with Crippen molar-refractivity contribution in [3.63, 3.8) is 0 Å². The van der Waals surface area contributed by atoms with Crippen LogP contribution in [0.2, 0.25) is 0 Å². The predicted molar refractivity (Wildman–Crippen MR) is 246 cm³/mol. The first kappa shape index (κ1) is 32.5. The van der Waals surface area contributed by atoms with Gasteiger partial charge in [0.15, 0.2) is 0 Å². The summed E-state index contributed by atoms with van der Waals surface area (Å²) in [4.78, 5) is 0. The Labute approximate surface area is 341 Å². The molecule has 0 saturated heterocycles. The molecule has 13 rings (SSSR count). The maximum Gasteiger partial charge on any atom is 0.0622 e. The van der Waals surface area contributed by atoms with Crippen molar-refractivity contribution in [1.29, 1.82) is 0 Å². The monoisotopic (exact) mass is 754 g/mol. The van der Waals surface area contributed by atoms with Crippen molar-refractivity contribution >= 4 is 65.4 Å². The molecule has 0 amide bonds. The van der Waals surface area contributed by atoms with Crippen LogP contribution in [-0.2, 0) is 5.41 Å². The Hall–Kier alpha value is -7.56. The normalized spacial score (nSPS) is 13.4. The Morgan fingerprint density at radius 3 is 1.39 bits per heavy atom. The van der Waals surface area contributed by atoms with Gasteiger partial charge >= 0.3 is 0 Å². The molecule has 4 heteroatoms. The molecule has 0 spiro atoms. The van der Waals surface area contributed by atoms with Crippen molar-refractivity contribution in [2.24, 2.45) is 0 Å².